The van der Waals surface area contributed by atoms with Gasteiger partial charge in [-0.25, -0.2) is 0 Å². The van der Waals surface area contributed by atoms with Gasteiger partial charge in [-0.05, 0) is 5.56 Å². The number of non-ortho nitro benzene ring substituents is 1. The van der Waals surface area contributed by atoms with Gasteiger partial charge >= 0.3 is 0 Å². The quantitative estimate of drug-likeness (QED) is 0.487. The van der Waals surface area contributed by atoms with E-state index in [9.17, 15) is 14.9 Å². The molecule has 1 aromatic carbocycles. The molecular weight excluding hydrogens is 285 g/mol. The summed E-state index contributed by atoms with van der Waals surface area (Å²) in [4.78, 5) is 21.0. The molecule has 80 valence electrons. The van der Waals surface area contributed by atoms with Gasteiger partial charge in [-0.2, -0.15) is 0 Å². The zero-order chi connectivity index (χ0) is 11.4. The molecule has 0 amide bonds. The number of nitrogens with zero attached hydrogens (tertiary/aromatic N) is 1. The van der Waals surface area contributed by atoms with Crippen molar-refractivity contribution in [2.75, 3.05) is 5.88 Å². The Kier molecular flexibility index (Phi) is 4.23. The van der Waals surface area contributed by atoms with E-state index < -0.39 is 4.92 Å². The summed E-state index contributed by atoms with van der Waals surface area (Å²) < 4.78 is 0.551. The van der Waals surface area contributed by atoms with Crippen molar-refractivity contribution in [1.29, 1.82) is 0 Å². The van der Waals surface area contributed by atoms with Crippen molar-refractivity contribution < 1.29 is 9.72 Å². The predicted octanol–water partition coefficient (Wildman–Crippen LogP) is 2.71. The van der Waals surface area contributed by atoms with Crippen LogP contribution in [-0.4, -0.2) is 16.6 Å². The third-order valence-electron chi connectivity index (χ3n) is 1.78. The summed E-state index contributed by atoms with van der Waals surface area (Å²) in [6.45, 7) is 0. The molecule has 0 unspecified atom stereocenters. The van der Waals surface area contributed by atoms with Crippen molar-refractivity contribution in [3.8, 4) is 0 Å². The number of nitro benzene ring substituents is 1. The lowest BCUT2D eigenvalue weighted by Gasteiger charge is -2.01. The maximum Gasteiger partial charge on any atom is 0.270 e. The number of rotatable bonds is 4. The van der Waals surface area contributed by atoms with Gasteiger partial charge < -0.3 is 0 Å². The number of hydrogen-bond donors (Lipinski definition) is 0. The van der Waals surface area contributed by atoms with Gasteiger partial charge in [0.2, 0.25) is 0 Å². The normalized spacial score (nSPS) is 10.0. The van der Waals surface area contributed by atoms with E-state index in [-0.39, 0.29) is 23.8 Å². The summed E-state index contributed by atoms with van der Waals surface area (Å²) in [6.07, 6.45) is 0.183. The molecule has 0 fully saturated rings. The third-order valence-corrected chi connectivity index (χ3v) is 2.82. The lowest BCUT2D eigenvalue weighted by molar-refractivity contribution is -0.384. The molecule has 0 N–H and O–H groups in total. The first-order valence-corrected chi connectivity index (χ1v) is 5.38. The van der Waals surface area contributed by atoms with Crippen LogP contribution in [0.5, 0.6) is 0 Å². The Morgan fingerprint density at radius 1 is 1.53 bits per heavy atom. The minimum absolute atomic E-state index is 0.0102. The molecule has 0 spiro atoms. The molecule has 1 rings (SSSR count). The van der Waals surface area contributed by atoms with E-state index in [2.05, 4.69) is 15.9 Å². The second-order valence-electron chi connectivity index (χ2n) is 2.88. The summed E-state index contributed by atoms with van der Waals surface area (Å²) in [5.41, 5.74) is 0.690. The third kappa shape index (κ3) is 3.28. The van der Waals surface area contributed by atoms with E-state index in [1.807, 2.05) is 0 Å². The highest BCUT2D eigenvalue weighted by molar-refractivity contribution is 9.10. The fourth-order valence-corrected chi connectivity index (χ4v) is 1.65. The first-order chi connectivity index (χ1) is 7.04. The van der Waals surface area contributed by atoms with Crippen molar-refractivity contribution in [3.63, 3.8) is 0 Å². The van der Waals surface area contributed by atoms with Crippen LogP contribution in [0.1, 0.15) is 5.56 Å². The molecule has 0 radical (unpaired) electrons. The molecule has 6 heteroatoms. The largest absolute Gasteiger partial charge is 0.298 e. The number of alkyl halides is 1. The number of carbonyl (C=O) groups is 1. The number of Topliss-reactive ketones (excluding diaryl/α,β-unsaturated/α-hetero) is 1. The Morgan fingerprint density at radius 3 is 2.67 bits per heavy atom. The Labute approximate surface area is 99.5 Å². The van der Waals surface area contributed by atoms with E-state index in [1.165, 1.54) is 12.1 Å². The molecule has 0 aliphatic carbocycles. The van der Waals surface area contributed by atoms with Gasteiger partial charge in [0.25, 0.3) is 5.69 Å². The van der Waals surface area contributed by atoms with Gasteiger partial charge in [-0.15, -0.1) is 11.6 Å². The molecule has 0 saturated heterocycles. The highest BCUT2D eigenvalue weighted by atomic mass is 79.9. The van der Waals surface area contributed by atoms with Crippen LogP contribution in [-0.2, 0) is 11.2 Å². The van der Waals surface area contributed by atoms with Crippen LogP contribution < -0.4 is 0 Å². The first-order valence-electron chi connectivity index (χ1n) is 4.05. The molecule has 4 nitrogen and oxygen atoms in total. The molecule has 15 heavy (non-hydrogen) atoms. The highest BCUT2D eigenvalue weighted by Crippen LogP contribution is 2.23. The molecule has 0 aliphatic heterocycles. The average Bonchev–Trinajstić information content (AvgIpc) is 2.20. The number of hydrogen-bond acceptors (Lipinski definition) is 3. The number of benzene rings is 1. The zero-order valence-corrected chi connectivity index (χ0v) is 9.92. The van der Waals surface area contributed by atoms with Crippen LogP contribution in [0.25, 0.3) is 0 Å². The number of ketones is 1. The Bertz CT molecular complexity index is 408. The van der Waals surface area contributed by atoms with Crippen molar-refractivity contribution in [2.24, 2.45) is 0 Å². The smallest absolute Gasteiger partial charge is 0.270 e. The van der Waals surface area contributed by atoms with E-state index >= 15 is 0 Å². The maximum absolute atomic E-state index is 11.1. The molecule has 0 atom stereocenters. The molecule has 1 aromatic rings. The summed E-state index contributed by atoms with van der Waals surface area (Å²) in [6, 6.07) is 4.28. The molecule has 0 saturated carbocycles. The van der Waals surface area contributed by atoms with Gasteiger partial charge in [0.1, 0.15) is 0 Å². The van der Waals surface area contributed by atoms with E-state index in [0.29, 0.717) is 10.0 Å². The van der Waals surface area contributed by atoms with E-state index in [4.69, 9.17) is 11.6 Å². The molecule has 0 bridgehead atoms. The van der Waals surface area contributed by atoms with Crippen molar-refractivity contribution in [1.82, 2.24) is 0 Å². The van der Waals surface area contributed by atoms with Crippen LogP contribution in [0.15, 0.2) is 22.7 Å². The van der Waals surface area contributed by atoms with Crippen LogP contribution in [0.2, 0.25) is 0 Å². The summed E-state index contributed by atoms with van der Waals surface area (Å²) in [5, 5.41) is 10.4. The molecule has 0 aliphatic rings. The zero-order valence-electron chi connectivity index (χ0n) is 7.57. The SMILES string of the molecule is O=C(CCl)Cc1ccc([N+](=O)[O-])cc1Br. The second kappa shape index (κ2) is 5.23. The van der Waals surface area contributed by atoms with Crippen molar-refractivity contribution in [2.45, 2.75) is 6.42 Å². The number of halogens is 2. The first kappa shape index (κ1) is 12.1. The minimum Gasteiger partial charge on any atom is -0.298 e. The van der Waals surface area contributed by atoms with Gasteiger partial charge in [0.15, 0.2) is 5.78 Å². The number of nitro groups is 1. The monoisotopic (exact) mass is 291 g/mol. The fraction of sp³-hybridized carbons (Fsp3) is 0.222. The van der Waals surface area contributed by atoms with Crippen LogP contribution in [0.4, 0.5) is 5.69 Å². The lowest BCUT2D eigenvalue weighted by atomic mass is 10.1. The standard InChI is InChI=1S/C9H7BrClNO3/c10-9-4-7(12(14)15)2-1-6(9)3-8(13)5-11/h1-2,4H,3,5H2. The number of carbonyl (C=O) groups excluding carboxylic acids is 1. The molecule has 0 heterocycles. The Morgan fingerprint density at radius 2 is 2.20 bits per heavy atom. The minimum atomic E-state index is -0.488. The molecule has 0 aromatic heterocycles. The van der Waals surface area contributed by atoms with Gasteiger partial charge in [-0.3, -0.25) is 14.9 Å². The topological polar surface area (TPSA) is 60.2 Å². The average molecular weight is 293 g/mol. The lowest BCUT2D eigenvalue weighted by Crippen LogP contribution is -2.04. The molecular formula is C9H7BrClNO3. The van der Waals surface area contributed by atoms with Crippen LogP contribution in [0, 0.1) is 10.1 Å². The summed E-state index contributed by atoms with van der Waals surface area (Å²) in [5.74, 6) is -0.171. The van der Waals surface area contributed by atoms with E-state index in [0.717, 1.165) is 0 Å². The Balaban J connectivity index is 2.93. The Hall–Kier alpha value is -0.940. The van der Waals surface area contributed by atoms with E-state index in [1.54, 1.807) is 6.07 Å². The van der Waals surface area contributed by atoms with Gasteiger partial charge in [0, 0.05) is 23.0 Å². The highest BCUT2D eigenvalue weighted by Gasteiger charge is 2.11. The van der Waals surface area contributed by atoms with Gasteiger partial charge in [-0.1, -0.05) is 22.0 Å². The fourth-order valence-electron chi connectivity index (χ4n) is 1.05. The van der Waals surface area contributed by atoms with Crippen molar-refractivity contribution >= 4 is 39.0 Å². The van der Waals surface area contributed by atoms with Crippen LogP contribution >= 0.6 is 27.5 Å². The maximum atomic E-state index is 11.1. The summed E-state index contributed by atoms with van der Waals surface area (Å²) in [7, 11) is 0. The predicted molar refractivity (Wildman–Crippen MR) is 60.2 cm³/mol. The second-order valence-corrected chi connectivity index (χ2v) is 4.00. The van der Waals surface area contributed by atoms with Gasteiger partial charge in [0.05, 0.1) is 10.8 Å². The van der Waals surface area contributed by atoms with Crippen LogP contribution in [0.3, 0.4) is 0 Å². The summed E-state index contributed by atoms with van der Waals surface area (Å²) >= 11 is 8.54. The van der Waals surface area contributed by atoms with Crippen molar-refractivity contribution in [3.05, 3.63) is 38.3 Å².